The number of phenols is 1. The Balaban J connectivity index is 2.36. The topological polar surface area (TPSA) is 46.5 Å². The molecule has 27 heavy (non-hydrogen) atoms. The molecule has 0 aromatic heterocycles. The molecule has 0 atom stereocenters. The molecule has 0 aliphatic rings. The number of aromatic hydroxyl groups is 1. The van der Waals surface area contributed by atoms with Crippen molar-refractivity contribution < 1.29 is 14.6 Å². The van der Waals surface area contributed by atoms with Crippen LogP contribution in [0.5, 0.6) is 5.75 Å². The predicted molar refractivity (Wildman–Crippen MR) is 110 cm³/mol. The van der Waals surface area contributed by atoms with Crippen LogP contribution in [0.4, 0.5) is 0 Å². The Bertz CT molecular complexity index is 788. The van der Waals surface area contributed by atoms with Crippen molar-refractivity contribution >= 4 is 5.97 Å². The third kappa shape index (κ3) is 4.52. The van der Waals surface area contributed by atoms with Crippen molar-refractivity contribution in [3.05, 3.63) is 64.2 Å². The highest BCUT2D eigenvalue weighted by Crippen LogP contribution is 2.40. The fraction of sp³-hybridized carbons (Fsp3) is 0.458. The van der Waals surface area contributed by atoms with Crippen LogP contribution < -0.4 is 0 Å². The summed E-state index contributed by atoms with van der Waals surface area (Å²) in [5.74, 6) is 0.197. The smallest absolute Gasteiger partial charge is 0.306 e. The summed E-state index contributed by atoms with van der Waals surface area (Å²) >= 11 is 0. The second-order valence-corrected chi connectivity index (χ2v) is 7.24. The molecule has 0 aliphatic carbocycles. The van der Waals surface area contributed by atoms with Crippen LogP contribution >= 0.6 is 0 Å². The number of carbonyl (C=O) groups is 1. The average molecular weight is 369 g/mol. The number of carbonyl (C=O) groups excluding carboxylic acids is 1. The highest BCUT2D eigenvalue weighted by molar-refractivity contribution is 5.69. The third-order valence-electron chi connectivity index (χ3n) is 5.76. The highest BCUT2D eigenvalue weighted by atomic mass is 16.5. The number of hydrogen-bond acceptors (Lipinski definition) is 3. The Hall–Kier alpha value is -2.29. The Morgan fingerprint density at radius 2 is 1.56 bits per heavy atom. The normalized spacial score (nSPS) is 11.4. The maximum Gasteiger partial charge on any atom is 0.306 e. The van der Waals surface area contributed by atoms with E-state index in [4.69, 9.17) is 4.74 Å². The van der Waals surface area contributed by atoms with E-state index < -0.39 is 0 Å². The molecule has 0 fully saturated rings. The number of benzene rings is 2. The molecule has 0 bridgehead atoms. The quantitative estimate of drug-likeness (QED) is 0.616. The van der Waals surface area contributed by atoms with E-state index in [2.05, 4.69) is 45.0 Å². The van der Waals surface area contributed by atoms with Gasteiger partial charge in [0.15, 0.2) is 0 Å². The van der Waals surface area contributed by atoms with E-state index in [-0.39, 0.29) is 11.4 Å². The van der Waals surface area contributed by atoms with Crippen LogP contribution in [0.1, 0.15) is 67.9 Å². The molecule has 0 radical (unpaired) electrons. The van der Waals surface area contributed by atoms with E-state index in [1.807, 2.05) is 19.9 Å². The highest BCUT2D eigenvalue weighted by Gasteiger charge is 2.31. The van der Waals surface area contributed by atoms with Gasteiger partial charge in [-0.3, -0.25) is 4.79 Å². The number of phenolic OH excluding ortho intramolecular Hbond substituents is 1. The number of esters is 1. The molecule has 2 aromatic rings. The van der Waals surface area contributed by atoms with Gasteiger partial charge in [-0.2, -0.15) is 0 Å². The fourth-order valence-corrected chi connectivity index (χ4v) is 3.93. The molecule has 3 nitrogen and oxygen atoms in total. The molecule has 0 saturated heterocycles. The van der Waals surface area contributed by atoms with Crippen LogP contribution in [-0.4, -0.2) is 17.7 Å². The standard InChI is InChI=1S/C24H32O3/c1-6-24(7-2,21-12-13-22(25)18(5)16-21)20-11-9-19(17(4)15-20)10-14-23(26)27-8-3/h9,11-13,15-16,25H,6-8,10,14H2,1-5H3. The van der Waals surface area contributed by atoms with E-state index in [1.165, 1.54) is 22.3 Å². The van der Waals surface area contributed by atoms with Crippen molar-refractivity contribution in [1.29, 1.82) is 0 Å². The summed E-state index contributed by atoms with van der Waals surface area (Å²) in [5, 5.41) is 9.91. The molecule has 0 spiro atoms. The van der Waals surface area contributed by atoms with Gasteiger partial charge in [-0.15, -0.1) is 0 Å². The Labute approximate surface area is 163 Å². The monoisotopic (exact) mass is 368 g/mol. The molecule has 0 amide bonds. The second-order valence-electron chi connectivity index (χ2n) is 7.24. The first-order valence-corrected chi connectivity index (χ1v) is 9.93. The Morgan fingerprint density at radius 1 is 0.963 bits per heavy atom. The first kappa shape index (κ1) is 21.0. The summed E-state index contributed by atoms with van der Waals surface area (Å²) in [4.78, 5) is 11.6. The Morgan fingerprint density at radius 3 is 2.07 bits per heavy atom. The molecule has 3 heteroatoms. The lowest BCUT2D eigenvalue weighted by molar-refractivity contribution is -0.143. The average Bonchev–Trinajstić information content (AvgIpc) is 2.65. The summed E-state index contributed by atoms with van der Waals surface area (Å²) in [7, 11) is 0. The molecule has 0 heterocycles. The van der Waals surface area contributed by atoms with Gasteiger partial charge in [-0.25, -0.2) is 0 Å². The molecule has 2 aromatic carbocycles. The zero-order valence-electron chi connectivity index (χ0n) is 17.3. The molecular weight excluding hydrogens is 336 g/mol. The maximum absolute atomic E-state index is 11.6. The third-order valence-corrected chi connectivity index (χ3v) is 5.76. The van der Waals surface area contributed by atoms with E-state index >= 15 is 0 Å². The van der Waals surface area contributed by atoms with Gasteiger partial charge in [0, 0.05) is 11.8 Å². The maximum atomic E-state index is 11.6. The van der Waals surface area contributed by atoms with E-state index in [9.17, 15) is 9.90 Å². The van der Waals surface area contributed by atoms with Crippen LogP contribution in [0.25, 0.3) is 0 Å². The molecule has 0 aliphatic heterocycles. The summed E-state index contributed by atoms with van der Waals surface area (Å²) in [5.41, 5.74) is 5.74. The van der Waals surface area contributed by atoms with Crippen molar-refractivity contribution in [3.63, 3.8) is 0 Å². The lowest BCUT2D eigenvalue weighted by Gasteiger charge is -2.34. The van der Waals surface area contributed by atoms with Gasteiger partial charge in [-0.05, 0) is 73.9 Å². The largest absolute Gasteiger partial charge is 0.508 e. The minimum absolute atomic E-state index is 0.0805. The Kier molecular flexibility index (Phi) is 7.06. The molecule has 2 rings (SSSR count). The molecular formula is C24H32O3. The van der Waals surface area contributed by atoms with Gasteiger partial charge >= 0.3 is 5.97 Å². The zero-order chi connectivity index (χ0) is 20.0. The van der Waals surface area contributed by atoms with E-state index in [0.29, 0.717) is 25.2 Å². The van der Waals surface area contributed by atoms with Gasteiger partial charge < -0.3 is 9.84 Å². The van der Waals surface area contributed by atoms with Crippen molar-refractivity contribution in [2.45, 2.75) is 65.7 Å². The SMILES string of the molecule is CCOC(=O)CCc1ccc(C(CC)(CC)c2ccc(O)c(C)c2)cc1C. The van der Waals surface area contributed by atoms with Crippen LogP contribution in [0, 0.1) is 13.8 Å². The minimum atomic E-state index is -0.142. The van der Waals surface area contributed by atoms with Gasteiger partial charge in [-0.1, -0.05) is 44.2 Å². The van der Waals surface area contributed by atoms with Crippen LogP contribution in [0.15, 0.2) is 36.4 Å². The van der Waals surface area contributed by atoms with Gasteiger partial charge in [0.1, 0.15) is 5.75 Å². The molecule has 0 saturated carbocycles. The number of rotatable bonds is 8. The minimum Gasteiger partial charge on any atom is -0.508 e. The van der Waals surface area contributed by atoms with Gasteiger partial charge in [0.05, 0.1) is 6.61 Å². The lowest BCUT2D eigenvalue weighted by atomic mass is 9.69. The summed E-state index contributed by atoms with van der Waals surface area (Å²) < 4.78 is 5.04. The first-order valence-electron chi connectivity index (χ1n) is 9.93. The molecule has 1 N–H and O–H groups in total. The number of aryl methyl sites for hydroxylation is 3. The van der Waals surface area contributed by atoms with Crippen molar-refractivity contribution in [2.75, 3.05) is 6.61 Å². The summed E-state index contributed by atoms with van der Waals surface area (Å²) in [6.45, 7) is 10.8. The number of hydrogen-bond donors (Lipinski definition) is 1. The molecule has 146 valence electrons. The molecule has 0 unspecified atom stereocenters. The fourth-order valence-electron chi connectivity index (χ4n) is 3.93. The van der Waals surface area contributed by atoms with E-state index in [1.54, 1.807) is 6.07 Å². The van der Waals surface area contributed by atoms with Crippen molar-refractivity contribution in [2.24, 2.45) is 0 Å². The van der Waals surface area contributed by atoms with Crippen molar-refractivity contribution in [1.82, 2.24) is 0 Å². The summed E-state index contributed by atoms with van der Waals surface area (Å²) in [6.07, 6.45) is 3.08. The summed E-state index contributed by atoms with van der Waals surface area (Å²) in [6, 6.07) is 12.5. The zero-order valence-corrected chi connectivity index (χ0v) is 17.3. The van der Waals surface area contributed by atoms with Gasteiger partial charge in [0.25, 0.3) is 0 Å². The predicted octanol–water partition coefficient (Wildman–Crippen LogP) is 5.61. The van der Waals surface area contributed by atoms with Crippen LogP contribution in [0.3, 0.4) is 0 Å². The lowest BCUT2D eigenvalue weighted by Crippen LogP contribution is -2.26. The van der Waals surface area contributed by atoms with E-state index in [0.717, 1.165) is 18.4 Å². The van der Waals surface area contributed by atoms with Crippen molar-refractivity contribution in [3.8, 4) is 5.75 Å². The van der Waals surface area contributed by atoms with Crippen LogP contribution in [-0.2, 0) is 21.4 Å². The van der Waals surface area contributed by atoms with Gasteiger partial charge in [0.2, 0.25) is 0 Å². The number of ether oxygens (including phenoxy) is 1. The first-order chi connectivity index (χ1) is 12.9. The van der Waals surface area contributed by atoms with Crippen LogP contribution in [0.2, 0.25) is 0 Å². The second kappa shape index (κ2) is 9.07.